The zero-order chi connectivity index (χ0) is 13.5. The van der Waals surface area contributed by atoms with Gasteiger partial charge in [0.2, 0.25) is 0 Å². The van der Waals surface area contributed by atoms with Gasteiger partial charge in [-0.3, -0.25) is 0 Å². The van der Waals surface area contributed by atoms with Crippen molar-refractivity contribution in [2.45, 2.75) is 64.7 Å². The molecule has 0 aromatic carbocycles. The molecule has 1 saturated carbocycles. The average Bonchev–Trinajstić information content (AvgIpc) is 2.66. The van der Waals surface area contributed by atoms with Gasteiger partial charge < -0.3 is 10.6 Å². The third kappa shape index (κ3) is 4.75. The third-order valence-electron chi connectivity index (χ3n) is 5.50. The Kier molecular flexibility index (Phi) is 6.66. The zero-order valence-electron chi connectivity index (χ0n) is 12.9. The first-order valence-corrected chi connectivity index (χ1v) is 8.76. The summed E-state index contributed by atoms with van der Waals surface area (Å²) >= 11 is 0. The van der Waals surface area contributed by atoms with Crippen LogP contribution in [-0.2, 0) is 0 Å². The van der Waals surface area contributed by atoms with Crippen molar-refractivity contribution in [3.63, 3.8) is 0 Å². The van der Waals surface area contributed by atoms with Crippen molar-refractivity contribution in [2.75, 3.05) is 26.2 Å². The Morgan fingerprint density at radius 2 is 1.74 bits per heavy atom. The van der Waals surface area contributed by atoms with Crippen LogP contribution < -0.4 is 5.73 Å². The lowest BCUT2D eigenvalue weighted by atomic mass is 9.79. The average molecular weight is 266 g/mol. The summed E-state index contributed by atoms with van der Waals surface area (Å²) in [6.45, 7) is 7.26. The Bertz CT molecular complexity index is 241. The largest absolute Gasteiger partial charge is 0.330 e. The summed E-state index contributed by atoms with van der Waals surface area (Å²) in [7, 11) is 0. The number of nitrogens with zero attached hydrogens (tertiary/aromatic N) is 1. The normalized spacial score (nSPS) is 34.1. The van der Waals surface area contributed by atoms with E-state index in [1.54, 1.807) is 0 Å². The molecule has 2 heteroatoms. The summed E-state index contributed by atoms with van der Waals surface area (Å²) in [5.41, 5.74) is 5.97. The van der Waals surface area contributed by atoms with E-state index in [2.05, 4.69) is 11.8 Å². The number of rotatable bonds is 5. The Balaban J connectivity index is 1.78. The van der Waals surface area contributed by atoms with Crippen molar-refractivity contribution in [3.05, 3.63) is 0 Å². The molecule has 112 valence electrons. The first-order chi connectivity index (χ1) is 9.33. The monoisotopic (exact) mass is 266 g/mol. The molecule has 3 atom stereocenters. The second-order valence-corrected chi connectivity index (χ2v) is 6.93. The highest BCUT2D eigenvalue weighted by atomic mass is 15.1. The topological polar surface area (TPSA) is 29.3 Å². The Morgan fingerprint density at radius 1 is 0.947 bits per heavy atom. The van der Waals surface area contributed by atoms with Crippen LogP contribution >= 0.6 is 0 Å². The fourth-order valence-electron chi connectivity index (χ4n) is 4.27. The van der Waals surface area contributed by atoms with Gasteiger partial charge in [-0.15, -0.1) is 0 Å². The number of hydrogen-bond donors (Lipinski definition) is 1. The van der Waals surface area contributed by atoms with Gasteiger partial charge in [0.05, 0.1) is 0 Å². The summed E-state index contributed by atoms with van der Waals surface area (Å²) in [6.07, 6.45) is 12.8. The lowest BCUT2D eigenvalue weighted by Crippen LogP contribution is -2.37. The molecular weight excluding hydrogens is 232 g/mol. The molecule has 2 N–H and O–H groups in total. The van der Waals surface area contributed by atoms with E-state index in [1.807, 2.05) is 0 Å². The molecule has 0 amide bonds. The van der Waals surface area contributed by atoms with E-state index in [1.165, 1.54) is 77.4 Å². The molecule has 1 aliphatic heterocycles. The molecule has 2 rings (SSSR count). The Hall–Kier alpha value is -0.0800. The van der Waals surface area contributed by atoms with Crippen LogP contribution in [0.2, 0.25) is 0 Å². The van der Waals surface area contributed by atoms with Gasteiger partial charge in [-0.25, -0.2) is 0 Å². The second-order valence-electron chi connectivity index (χ2n) is 6.93. The number of nitrogens with two attached hydrogens (primary N) is 1. The Morgan fingerprint density at radius 3 is 2.47 bits per heavy atom. The van der Waals surface area contributed by atoms with E-state index in [-0.39, 0.29) is 0 Å². The Labute approximate surface area is 120 Å². The minimum absolute atomic E-state index is 0.809. The molecule has 2 aliphatic rings. The van der Waals surface area contributed by atoms with E-state index >= 15 is 0 Å². The molecule has 3 unspecified atom stereocenters. The summed E-state index contributed by atoms with van der Waals surface area (Å²) in [5, 5.41) is 0. The molecule has 0 bridgehead atoms. The minimum Gasteiger partial charge on any atom is -0.330 e. The minimum atomic E-state index is 0.809. The smallest absolute Gasteiger partial charge is 0.00128 e. The van der Waals surface area contributed by atoms with Crippen LogP contribution in [0, 0.1) is 17.8 Å². The predicted octanol–water partition coefficient (Wildman–Crippen LogP) is 3.65. The molecule has 0 radical (unpaired) electrons. The molecule has 0 aromatic heterocycles. The van der Waals surface area contributed by atoms with Gasteiger partial charge in [0.1, 0.15) is 0 Å². The van der Waals surface area contributed by atoms with Crippen LogP contribution in [0.3, 0.4) is 0 Å². The van der Waals surface area contributed by atoms with Gasteiger partial charge in [0, 0.05) is 6.54 Å². The highest BCUT2D eigenvalue weighted by molar-refractivity contribution is 4.80. The van der Waals surface area contributed by atoms with Gasteiger partial charge in [0.25, 0.3) is 0 Å². The van der Waals surface area contributed by atoms with Crippen molar-refractivity contribution in [2.24, 2.45) is 23.5 Å². The van der Waals surface area contributed by atoms with Gasteiger partial charge in [0.15, 0.2) is 0 Å². The molecule has 1 heterocycles. The maximum Gasteiger partial charge on any atom is 0.00128 e. The van der Waals surface area contributed by atoms with Crippen molar-refractivity contribution >= 4 is 0 Å². The molecule has 2 fully saturated rings. The van der Waals surface area contributed by atoms with Crippen molar-refractivity contribution in [1.29, 1.82) is 0 Å². The van der Waals surface area contributed by atoms with Crippen molar-refractivity contribution in [3.8, 4) is 0 Å². The number of likely N-dealkylation sites (tertiary alicyclic amines) is 1. The van der Waals surface area contributed by atoms with E-state index < -0.39 is 0 Å². The van der Waals surface area contributed by atoms with Crippen LogP contribution in [0.5, 0.6) is 0 Å². The standard InChI is InChI=1S/C17H34N2/c1-2-6-15-7-5-11-19(12-10-15)14-17-9-4-3-8-16(17)13-18/h15-17H,2-14,18H2,1H3. The van der Waals surface area contributed by atoms with Gasteiger partial charge >= 0.3 is 0 Å². The summed E-state index contributed by atoms with van der Waals surface area (Å²) < 4.78 is 0. The molecule has 1 aliphatic carbocycles. The van der Waals surface area contributed by atoms with Crippen LogP contribution in [0.4, 0.5) is 0 Å². The fourth-order valence-corrected chi connectivity index (χ4v) is 4.27. The predicted molar refractivity (Wildman–Crippen MR) is 83.2 cm³/mol. The first-order valence-electron chi connectivity index (χ1n) is 8.76. The quantitative estimate of drug-likeness (QED) is 0.823. The van der Waals surface area contributed by atoms with Gasteiger partial charge in [-0.2, -0.15) is 0 Å². The van der Waals surface area contributed by atoms with Crippen LogP contribution in [-0.4, -0.2) is 31.1 Å². The molecule has 0 aromatic rings. The van der Waals surface area contributed by atoms with Crippen LogP contribution in [0.15, 0.2) is 0 Å². The lowest BCUT2D eigenvalue weighted by Gasteiger charge is -2.34. The van der Waals surface area contributed by atoms with Crippen LogP contribution in [0.25, 0.3) is 0 Å². The molecular formula is C17H34N2. The fraction of sp³-hybridized carbons (Fsp3) is 1.00. The first kappa shape index (κ1) is 15.3. The summed E-state index contributed by atoms with van der Waals surface area (Å²) in [4.78, 5) is 2.76. The van der Waals surface area contributed by atoms with Gasteiger partial charge in [-0.1, -0.05) is 32.6 Å². The van der Waals surface area contributed by atoms with Crippen molar-refractivity contribution < 1.29 is 0 Å². The van der Waals surface area contributed by atoms with Crippen LogP contribution in [0.1, 0.15) is 64.7 Å². The van der Waals surface area contributed by atoms with E-state index in [0.29, 0.717) is 0 Å². The molecule has 1 saturated heterocycles. The SMILES string of the molecule is CCCC1CCCN(CC2CCCCC2CN)CC1. The zero-order valence-corrected chi connectivity index (χ0v) is 12.9. The highest BCUT2D eigenvalue weighted by Crippen LogP contribution is 2.31. The van der Waals surface area contributed by atoms with Crippen molar-refractivity contribution in [1.82, 2.24) is 4.90 Å². The highest BCUT2D eigenvalue weighted by Gasteiger charge is 2.26. The lowest BCUT2D eigenvalue weighted by molar-refractivity contribution is 0.156. The molecule has 0 spiro atoms. The molecule has 19 heavy (non-hydrogen) atoms. The number of hydrogen-bond acceptors (Lipinski definition) is 2. The van der Waals surface area contributed by atoms with E-state index in [9.17, 15) is 0 Å². The summed E-state index contributed by atoms with van der Waals surface area (Å²) in [6, 6.07) is 0. The second kappa shape index (κ2) is 8.26. The maximum absolute atomic E-state index is 5.97. The maximum atomic E-state index is 5.97. The third-order valence-corrected chi connectivity index (χ3v) is 5.50. The molecule has 2 nitrogen and oxygen atoms in total. The van der Waals surface area contributed by atoms with Gasteiger partial charge in [-0.05, 0) is 69.5 Å². The van der Waals surface area contributed by atoms with E-state index in [0.717, 1.165) is 24.3 Å². The van der Waals surface area contributed by atoms with E-state index in [4.69, 9.17) is 5.73 Å². The summed E-state index contributed by atoms with van der Waals surface area (Å²) in [5.74, 6) is 2.71.